The van der Waals surface area contributed by atoms with Gasteiger partial charge in [-0.1, -0.05) is 0 Å². The molecule has 0 aliphatic carbocycles. The first-order chi connectivity index (χ1) is 3.91. The number of rotatable bonds is 5. The molecule has 0 aromatic heterocycles. The van der Waals surface area contributed by atoms with Crippen molar-refractivity contribution in [1.29, 1.82) is 0 Å². The lowest BCUT2D eigenvalue weighted by atomic mass is 10.2. The van der Waals surface area contributed by atoms with Crippen molar-refractivity contribution in [3.63, 3.8) is 0 Å². The van der Waals surface area contributed by atoms with Gasteiger partial charge >= 0.3 is 0 Å². The first-order valence-corrected chi connectivity index (χ1v) is 3.17. The van der Waals surface area contributed by atoms with Crippen LogP contribution in [0.5, 0.6) is 0 Å². The van der Waals surface area contributed by atoms with Gasteiger partial charge in [0.2, 0.25) is 0 Å². The van der Waals surface area contributed by atoms with Crippen LogP contribution in [0.3, 0.4) is 0 Å². The van der Waals surface area contributed by atoms with Crippen molar-refractivity contribution in [2.75, 3.05) is 20.2 Å². The highest BCUT2D eigenvalue weighted by Crippen LogP contribution is 1.90. The molecule has 0 saturated heterocycles. The number of nitrogens with one attached hydrogen (secondary N) is 1. The number of hydrogen-bond donors (Lipinski definition) is 2. The van der Waals surface area contributed by atoms with Crippen LogP contribution in [0.2, 0.25) is 0 Å². The predicted molar refractivity (Wildman–Crippen MR) is 37.0 cm³/mol. The summed E-state index contributed by atoms with van der Waals surface area (Å²) in [5.41, 5.74) is 0. The molecule has 0 fully saturated rings. The van der Waals surface area contributed by atoms with E-state index in [-0.39, 0.29) is 1.43 Å². The molecule has 0 aromatic rings. The van der Waals surface area contributed by atoms with Gasteiger partial charge in [-0.05, 0) is 32.9 Å². The van der Waals surface area contributed by atoms with Gasteiger partial charge in [-0.15, -0.1) is 0 Å². The summed E-state index contributed by atoms with van der Waals surface area (Å²) >= 11 is 0. The molecule has 2 N–H and O–H groups in total. The maximum absolute atomic E-state index is 8.35. The van der Waals surface area contributed by atoms with E-state index >= 15 is 0 Å². The van der Waals surface area contributed by atoms with Gasteiger partial charge in [0.1, 0.15) is 0 Å². The number of aliphatic hydroxyl groups excluding tert-OH is 1. The van der Waals surface area contributed by atoms with Crippen molar-refractivity contribution < 1.29 is 6.53 Å². The van der Waals surface area contributed by atoms with E-state index in [4.69, 9.17) is 5.11 Å². The van der Waals surface area contributed by atoms with Crippen LogP contribution in [0.1, 0.15) is 20.7 Å². The Morgan fingerprint density at radius 2 is 2.12 bits per heavy atom. The Hall–Kier alpha value is -0.0800. The number of unbranched alkanes of at least 4 members (excludes halogenated alkanes) is 2. The monoisotopic (exact) mass is 119 g/mol. The summed E-state index contributed by atoms with van der Waals surface area (Å²) in [5, 5.41) is 11.4. The molecule has 0 bridgehead atoms. The number of aliphatic hydroxyl groups is 1. The lowest BCUT2D eigenvalue weighted by molar-refractivity contribution is 0.283. The second-order valence-electron chi connectivity index (χ2n) is 1.89. The van der Waals surface area contributed by atoms with Crippen molar-refractivity contribution in [1.82, 2.24) is 5.32 Å². The average molecular weight is 119 g/mol. The highest BCUT2D eigenvalue weighted by atomic mass is 16.2. The zero-order valence-electron chi connectivity index (χ0n) is 5.48. The fraction of sp³-hybridized carbons (Fsp3) is 1.00. The van der Waals surface area contributed by atoms with E-state index < -0.39 is 0 Å². The molecular weight excluding hydrogens is 102 g/mol. The van der Waals surface area contributed by atoms with Gasteiger partial charge in [-0.25, -0.2) is 0 Å². The molecule has 0 aliphatic heterocycles. The molecule has 0 saturated carbocycles. The third-order valence-electron chi connectivity index (χ3n) is 1.08. The standard InChI is InChI=1S/C6H15NO.H2/c1-7-5-3-2-4-6-8;/h7-8H,2-6H2,1H3;1H. The zero-order chi connectivity index (χ0) is 6.24. The zero-order valence-corrected chi connectivity index (χ0v) is 5.48. The maximum atomic E-state index is 8.35. The molecule has 2 heteroatoms. The largest absolute Gasteiger partial charge is 0.396 e. The van der Waals surface area contributed by atoms with E-state index in [0.717, 1.165) is 19.4 Å². The minimum absolute atomic E-state index is 0. The first kappa shape index (κ1) is 7.92. The van der Waals surface area contributed by atoms with Crippen molar-refractivity contribution >= 4 is 0 Å². The smallest absolute Gasteiger partial charge is 0.0431 e. The molecule has 0 rings (SSSR count). The van der Waals surface area contributed by atoms with Crippen LogP contribution in [0.4, 0.5) is 0 Å². The summed E-state index contributed by atoms with van der Waals surface area (Å²) < 4.78 is 0. The fourth-order valence-corrected chi connectivity index (χ4v) is 0.590. The van der Waals surface area contributed by atoms with Gasteiger partial charge < -0.3 is 10.4 Å². The third-order valence-corrected chi connectivity index (χ3v) is 1.08. The molecule has 0 spiro atoms. The minimum atomic E-state index is 0. The second-order valence-corrected chi connectivity index (χ2v) is 1.89. The Labute approximate surface area is 52.4 Å². The SMILES string of the molecule is CNCCCCCO.[HH]. The summed E-state index contributed by atoms with van der Waals surface area (Å²) in [6.45, 7) is 1.41. The molecule has 0 unspecified atom stereocenters. The summed E-state index contributed by atoms with van der Waals surface area (Å²) in [6.07, 6.45) is 3.26. The molecule has 0 amide bonds. The summed E-state index contributed by atoms with van der Waals surface area (Å²) in [6, 6.07) is 0. The topological polar surface area (TPSA) is 32.3 Å². The van der Waals surface area contributed by atoms with E-state index in [0.29, 0.717) is 6.61 Å². The van der Waals surface area contributed by atoms with Crippen LogP contribution in [0.25, 0.3) is 0 Å². The minimum Gasteiger partial charge on any atom is -0.396 e. The van der Waals surface area contributed by atoms with Crippen LogP contribution < -0.4 is 5.32 Å². The van der Waals surface area contributed by atoms with E-state index in [1.807, 2.05) is 7.05 Å². The Kier molecular flexibility index (Phi) is 6.85. The van der Waals surface area contributed by atoms with Gasteiger partial charge in [0.05, 0.1) is 0 Å². The molecular formula is C6H17NO. The van der Waals surface area contributed by atoms with E-state index in [1.54, 1.807) is 0 Å². The third kappa shape index (κ3) is 5.92. The number of hydrogen-bond acceptors (Lipinski definition) is 2. The predicted octanol–water partition coefficient (Wildman–Crippen LogP) is 0.614. The normalized spacial score (nSPS) is 9.75. The van der Waals surface area contributed by atoms with Crippen molar-refractivity contribution in [3.05, 3.63) is 0 Å². The van der Waals surface area contributed by atoms with Crippen LogP contribution in [0, 0.1) is 0 Å². The Bertz CT molecular complexity index is 38.0. The van der Waals surface area contributed by atoms with E-state index in [9.17, 15) is 0 Å². The van der Waals surface area contributed by atoms with E-state index in [1.165, 1.54) is 6.42 Å². The molecule has 0 aliphatic rings. The Morgan fingerprint density at radius 1 is 1.38 bits per heavy atom. The van der Waals surface area contributed by atoms with Crippen LogP contribution in [-0.2, 0) is 0 Å². The quantitative estimate of drug-likeness (QED) is 0.520. The first-order valence-electron chi connectivity index (χ1n) is 3.17. The molecule has 52 valence electrons. The van der Waals surface area contributed by atoms with Gasteiger partial charge in [0, 0.05) is 8.03 Å². The van der Waals surface area contributed by atoms with Gasteiger partial charge in [0.15, 0.2) is 0 Å². The van der Waals surface area contributed by atoms with Crippen molar-refractivity contribution in [2.45, 2.75) is 19.3 Å². The summed E-state index contributed by atoms with van der Waals surface area (Å²) in [5.74, 6) is 0. The summed E-state index contributed by atoms with van der Waals surface area (Å²) in [4.78, 5) is 0. The molecule has 0 atom stereocenters. The highest BCUT2D eigenvalue weighted by molar-refractivity contribution is 4.41. The molecule has 8 heavy (non-hydrogen) atoms. The van der Waals surface area contributed by atoms with Crippen LogP contribution >= 0.6 is 0 Å². The van der Waals surface area contributed by atoms with Crippen molar-refractivity contribution in [3.8, 4) is 0 Å². The van der Waals surface area contributed by atoms with Crippen LogP contribution in [-0.4, -0.2) is 25.3 Å². The fourth-order valence-electron chi connectivity index (χ4n) is 0.590. The maximum Gasteiger partial charge on any atom is 0.0431 e. The van der Waals surface area contributed by atoms with Gasteiger partial charge in [0.25, 0.3) is 0 Å². The Balaban J connectivity index is 0. The molecule has 0 heterocycles. The van der Waals surface area contributed by atoms with E-state index in [2.05, 4.69) is 5.32 Å². The lowest BCUT2D eigenvalue weighted by Gasteiger charge is -1.95. The molecule has 0 aromatic carbocycles. The Morgan fingerprint density at radius 3 is 2.62 bits per heavy atom. The average Bonchev–Trinajstić information content (AvgIpc) is 1.81. The second kappa shape index (κ2) is 6.92. The van der Waals surface area contributed by atoms with Crippen molar-refractivity contribution in [2.24, 2.45) is 0 Å². The highest BCUT2D eigenvalue weighted by Gasteiger charge is 1.83. The molecule has 2 nitrogen and oxygen atoms in total. The lowest BCUT2D eigenvalue weighted by Crippen LogP contribution is -2.07. The van der Waals surface area contributed by atoms with Gasteiger partial charge in [-0.3, -0.25) is 0 Å². The van der Waals surface area contributed by atoms with Crippen LogP contribution in [0.15, 0.2) is 0 Å². The molecule has 0 radical (unpaired) electrons. The summed E-state index contributed by atoms with van der Waals surface area (Å²) in [7, 11) is 1.94. The van der Waals surface area contributed by atoms with Gasteiger partial charge in [-0.2, -0.15) is 0 Å².